The normalized spacial score (nSPS) is 11.5. The molecule has 112 valence electrons. The van der Waals surface area contributed by atoms with Gasteiger partial charge in [0.25, 0.3) is 5.78 Å². The molecule has 0 fully saturated rings. The second kappa shape index (κ2) is 5.93. The number of rotatable bonds is 4. The Morgan fingerprint density at radius 3 is 2.67 bits per heavy atom. The van der Waals surface area contributed by atoms with Gasteiger partial charge < -0.3 is 9.30 Å². The number of ether oxygens (including phenoxy) is 1. The summed E-state index contributed by atoms with van der Waals surface area (Å²) < 4.78 is 44.5. The van der Waals surface area contributed by atoms with E-state index < -0.39 is 12.0 Å². The predicted molar refractivity (Wildman–Crippen MR) is 74.6 cm³/mol. The van der Waals surface area contributed by atoms with Crippen LogP contribution in [0.25, 0.3) is 0 Å². The molecule has 7 heteroatoms. The van der Waals surface area contributed by atoms with Crippen LogP contribution in [0.15, 0.2) is 41.1 Å². The zero-order valence-electron chi connectivity index (χ0n) is 10.9. The lowest BCUT2D eigenvalue weighted by Gasteiger charge is -2.08. The maximum atomic E-state index is 12.4. The summed E-state index contributed by atoms with van der Waals surface area (Å²) in [5.74, 6) is -1.20. The van der Waals surface area contributed by atoms with Crippen molar-refractivity contribution in [2.24, 2.45) is 0 Å². The van der Waals surface area contributed by atoms with E-state index in [0.29, 0.717) is 12.3 Å². The molecule has 0 bridgehead atoms. The van der Waals surface area contributed by atoms with Crippen LogP contribution in [0.3, 0.4) is 0 Å². The van der Waals surface area contributed by atoms with Gasteiger partial charge in [0.1, 0.15) is 5.75 Å². The number of benzene rings is 1. The number of methoxy groups -OCH3 is 1. The summed E-state index contributed by atoms with van der Waals surface area (Å²) >= 11 is 3.37. The second-order valence-corrected chi connectivity index (χ2v) is 5.21. The molecular weight excluding hydrogens is 351 g/mol. The van der Waals surface area contributed by atoms with Crippen LogP contribution in [-0.4, -0.2) is 23.6 Å². The van der Waals surface area contributed by atoms with Crippen molar-refractivity contribution in [3.8, 4) is 5.75 Å². The number of carbonyl (C=O) groups is 1. The fourth-order valence-electron chi connectivity index (χ4n) is 1.83. The average Bonchev–Trinajstić information content (AvgIpc) is 2.87. The van der Waals surface area contributed by atoms with Crippen LogP contribution in [-0.2, 0) is 6.54 Å². The molecule has 21 heavy (non-hydrogen) atoms. The van der Waals surface area contributed by atoms with Crippen molar-refractivity contribution in [2.45, 2.75) is 12.7 Å². The fourth-order valence-corrected chi connectivity index (χ4v) is 2.21. The molecular formula is C14H11BrF3NO2. The van der Waals surface area contributed by atoms with E-state index in [4.69, 9.17) is 4.74 Å². The van der Waals surface area contributed by atoms with Crippen molar-refractivity contribution >= 4 is 21.7 Å². The molecule has 0 spiro atoms. The van der Waals surface area contributed by atoms with E-state index >= 15 is 0 Å². The van der Waals surface area contributed by atoms with Gasteiger partial charge in [-0.2, -0.15) is 13.2 Å². The molecule has 0 aliphatic rings. The third kappa shape index (κ3) is 3.66. The average molecular weight is 362 g/mol. The van der Waals surface area contributed by atoms with Crippen LogP contribution in [0, 0.1) is 0 Å². The maximum Gasteiger partial charge on any atom is 0.454 e. The van der Waals surface area contributed by atoms with E-state index in [-0.39, 0.29) is 5.56 Å². The van der Waals surface area contributed by atoms with Crippen LogP contribution >= 0.6 is 15.9 Å². The number of hydrogen-bond acceptors (Lipinski definition) is 2. The quantitative estimate of drug-likeness (QED) is 0.769. The topological polar surface area (TPSA) is 31.2 Å². The van der Waals surface area contributed by atoms with Gasteiger partial charge >= 0.3 is 6.18 Å². The largest absolute Gasteiger partial charge is 0.497 e. The summed E-state index contributed by atoms with van der Waals surface area (Å²) in [6, 6.07) is 6.49. The predicted octanol–water partition coefficient (Wildman–Crippen LogP) is 4.05. The summed E-state index contributed by atoms with van der Waals surface area (Å²) in [4.78, 5) is 11.1. The highest BCUT2D eigenvalue weighted by molar-refractivity contribution is 9.10. The Balaban J connectivity index is 2.22. The lowest BCUT2D eigenvalue weighted by molar-refractivity contribution is -0.0885. The highest BCUT2D eigenvalue weighted by Crippen LogP contribution is 2.25. The van der Waals surface area contributed by atoms with Crippen LogP contribution in [0.1, 0.15) is 15.9 Å². The van der Waals surface area contributed by atoms with Crippen molar-refractivity contribution in [1.82, 2.24) is 4.57 Å². The minimum atomic E-state index is -4.86. The molecule has 1 aromatic carbocycles. The Labute approximate surface area is 127 Å². The standard InChI is InChI=1S/C14H11BrF3NO2/c1-21-11-2-3-12(15)10(6-11)8-19-5-4-9(7-19)13(20)14(16,17)18/h2-7H,8H2,1H3. The van der Waals surface area contributed by atoms with Gasteiger partial charge in [-0.15, -0.1) is 0 Å². The van der Waals surface area contributed by atoms with E-state index in [9.17, 15) is 18.0 Å². The number of hydrogen-bond donors (Lipinski definition) is 0. The number of nitrogens with zero attached hydrogens (tertiary/aromatic N) is 1. The van der Waals surface area contributed by atoms with Gasteiger partial charge in [-0.1, -0.05) is 15.9 Å². The molecule has 0 amide bonds. The van der Waals surface area contributed by atoms with Crippen molar-refractivity contribution < 1.29 is 22.7 Å². The molecule has 1 heterocycles. The number of ketones is 1. The van der Waals surface area contributed by atoms with Crippen molar-refractivity contribution in [2.75, 3.05) is 7.11 Å². The van der Waals surface area contributed by atoms with Gasteiger partial charge in [0, 0.05) is 29.0 Å². The summed E-state index contributed by atoms with van der Waals surface area (Å²) in [5, 5.41) is 0. The fraction of sp³-hybridized carbons (Fsp3) is 0.214. The van der Waals surface area contributed by atoms with Gasteiger partial charge in [-0.3, -0.25) is 4.79 Å². The smallest absolute Gasteiger partial charge is 0.454 e. The zero-order chi connectivity index (χ0) is 15.6. The lowest BCUT2D eigenvalue weighted by atomic mass is 10.2. The molecule has 0 saturated heterocycles. The maximum absolute atomic E-state index is 12.4. The van der Waals surface area contributed by atoms with Crippen LogP contribution in [0.5, 0.6) is 5.75 Å². The highest BCUT2D eigenvalue weighted by atomic mass is 79.9. The van der Waals surface area contributed by atoms with E-state index in [1.807, 2.05) is 0 Å². The first-order chi connectivity index (χ1) is 9.81. The number of halogens is 4. The molecule has 0 saturated carbocycles. The van der Waals surface area contributed by atoms with Crippen molar-refractivity contribution in [3.63, 3.8) is 0 Å². The summed E-state index contributed by atoms with van der Waals surface area (Å²) in [6.07, 6.45) is -2.24. The molecule has 0 aliphatic carbocycles. The lowest BCUT2D eigenvalue weighted by Crippen LogP contribution is -2.22. The molecule has 0 N–H and O–H groups in total. The number of Topliss-reactive ketones (excluding diaryl/α,β-unsaturated/α-hetero) is 1. The first kappa shape index (κ1) is 15.6. The third-order valence-corrected chi connectivity index (χ3v) is 3.65. The number of alkyl halides is 3. The highest BCUT2D eigenvalue weighted by Gasteiger charge is 2.39. The molecule has 2 aromatic rings. The molecule has 0 radical (unpaired) electrons. The molecule has 0 atom stereocenters. The Morgan fingerprint density at radius 1 is 1.33 bits per heavy atom. The van der Waals surface area contributed by atoms with E-state index in [1.54, 1.807) is 18.2 Å². The number of aromatic nitrogens is 1. The van der Waals surface area contributed by atoms with Crippen molar-refractivity contribution in [1.29, 1.82) is 0 Å². The molecule has 0 aliphatic heterocycles. The molecule has 0 unspecified atom stereocenters. The summed E-state index contributed by atoms with van der Waals surface area (Å²) in [7, 11) is 1.53. The third-order valence-electron chi connectivity index (χ3n) is 2.88. The number of carbonyl (C=O) groups excluding carboxylic acids is 1. The van der Waals surface area contributed by atoms with Crippen LogP contribution < -0.4 is 4.74 Å². The zero-order valence-corrected chi connectivity index (χ0v) is 12.5. The first-order valence-corrected chi connectivity index (χ1v) is 6.70. The van der Waals surface area contributed by atoms with E-state index in [1.165, 1.54) is 24.1 Å². The van der Waals surface area contributed by atoms with Crippen molar-refractivity contribution in [3.05, 3.63) is 52.3 Å². The molecule has 2 rings (SSSR count). The van der Waals surface area contributed by atoms with E-state index in [0.717, 1.165) is 16.1 Å². The van der Waals surface area contributed by atoms with Gasteiger partial charge in [0.05, 0.1) is 7.11 Å². The van der Waals surface area contributed by atoms with Gasteiger partial charge in [0.2, 0.25) is 0 Å². The molecule has 1 aromatic heterocycles. The summed E-state index contributed by atoms with van der Waals surface area (Å²) in [5.41, 5.74) is 0.456. The van der Waals surface area contributed by atoms with Crippen LogP contribution in [0.4, 0.5) is 13.2 Å². The second-order valence-electron chi connectivity index (χ2n) is 4.36. The Hall–Kier alpha value is -1.76. The minimum Gasteiger partial charge on any atom is -0.497 e. The Morgan fingerprint density at radius 2 is 2.05 bits per heavy atom. The summed E-state index contributed by atoms with van der Waals surface area (Å²) in [6.45, 7) is 0.322. The SMILES string of the molecule is COc1ccc(Br)c(Cn2ccc(C(=O)C(F)(F)F)c2)c1. The first-order valence-electron chi connectivity index (χ1n) is 5.91. The van der Waals surface area contributed by atoms with Gasteiger partial charge in [0.15, 0.2) is 0 Å². The van der Waals surface area contributed by atoms with Gasteiger partial charge in [-0.05, 0) is 29.8 Å². The molecule has 3 nitrogen and oxygen atoms in total. The Kier molecular flexibility index (Phi) is 4.41. The minimum absolute atomic E-state index is 0.322. The van der Waals surface area contributed by atoms with Crippen LogP contribution in [0.2, 0.25) is 0 Å². The monoisotopic (exact) mass is 361 g/mol. The van der Waals surface area contributed by atoms with Gasteiger partial charge in [-0.25, -0.2) is 0 Å². The van der Waals surface area contributed by atoms with E-state index in [2.05, 4.69) is 15.9 Å². The Bertz CT molecular complexity index is 664.